The van der Waals surface area contributed by atoms with Gasteiger partial charge in [-0.15, -0.1) is 5.48 Å². The van der Waals surface area contributed by atoms with Crippen molar-refractivity contribution in [2.24, 2.45) is 0 Å². The largest absolute Gasteiger partial charge is 0.462 e. The minimum absolute atomic E-state index is 0.258. The molecule has 1 heterocycles. The Morgan fingerprint density at radius 1 is 1.24 bits per heavy atom. The number of nitrogens with one attached hydrogen (secondary N) is 1. The molecule has 1 saturated heterocycles. The number of hydrogen-bond acceptors (Lipinski definition) is 6. The summed E-state index contributed by atoms with van der Waals surface area (Å²) >= 11 is 0. The molecule has 1 aliphatic rings. The number of ether oxygens (including phenoxy) is 1. The molecule has 1 amide bonds. The Hall–Kier alpha value is -2.12. The number of likely N-dealkylation sites (tertiary alicyclic amines) is 1. The summed E-state index contributed by atoms with van der Waals surface area (Å²) in [5.41, 5.74) is 3.48. The number of piperidine rings is 1. The molecule has 0 aliphatic carbocycles. The molecular weight excluding hydrogens is 324 g/mol. The number of amides is 1. The molecule has 7 heteroatoms. The Bertz CT molecular complexity index is 556. The smallest absolute Gasteiger partial charge is 0.428 e. The van der Waals surface area contributed by atoms with Crippen molar-refractivity contribution in [2.45, 2.75) is 51.4 Å². The van der Waals surface area contributed by atoms with E-state index in [1.807, 2.05) is 30.3 Å². The summed E-state index contributed by atoms with van der Waals surface area (Å²) in [4.78, 5) is 31.0. The monoisotopic (exact) mass is 350 g/mol. The van der Waals surface area contributed by atoms with Crippen LogP contribution in [0.25, 0.3) is 0 Å². The summed E-state index contributed by atoms with van der Waals surface area (Å²) in [6, 6.07) is 8.65. The van der Waals surface area contributed by atoms with Gasteiger partial charge in [-0.25, -0.2) is 4.79 Å². The van der Waals surface area contributed by atoms with Crippen molar-refractivity contribution in [1.29, 1.82) is 0 Å². The third-order valence-corrected chi connectivity index (χ3v) is 3.93. The molecule has 2 rings (SSSR count). The molecule has 0 spiro atoms. The van der Waals surface area contributed by atoms with Gasteiger partial charge in [0.25, 0.3) is 0 Å². The van der Waals surface area contributed by atoms with Crippen molar-refractivity contribution >= 4 is 12.1 Å². The van der Waals surface area contributed by atoms with Gasteiger partial charge in [-0.3, -0.25) is 4.79 Å². The van der Waals surface area contributed by atoms with E-state index in [1.54, 1.807) is 13.8 Å². The van der Waals surface area contributed by atoms with E-state index >= 15 is 0 Å². The van der Waals surface area contributed by atoms with Crippen LogP contribution in [0.2, 0.25) is 0 Å². The van der Waals surface area contributed by atoms with Crippen LogP contribution in [0.1, 0.15) is 32.3 Å². The fourth-order valence-electron chi connectivity index (χ4n) is 2.57. The first-order valence-corrected chi connectivity index (χ1v) is 8.59. The zero-order chi connectivity index (χ0) is 18.2. The maximum Gasteiger partial charge on any atom is 0.428 e. The molecule has 0 aromatic heterocycles. The van der Waals surface area contributed by atoms with E-state index in [0.29, 0.717) is 32.4 Å². The number of aliphatic hydroxyl groups excluding tert-OH is 1. The third kappa shape index (κ3) is 6.36. The first-order chi connectivity index (χ1) is 12.0. The zero-order valence-corrected chi connectivity index (χ0v) is 14.7. The lowest BCUT2D eigenvalue weighted by atomic mass is 10.1. The van der Waals surface area contributed by atoms with Crippen LogP contribution < -0.4 is 5.48 Å². The predicted molar refractivity (Wildman–Crippen MR) is 91.6 cm³/mol. The summed E-state index contributed by atoms with van der Waals surface area (Å²) in [6.07, 6.45) is 0.215. The maximum atomic E-state index is 12.3. The average Bonchev–Trinajstić information content (AvgIpc) is 2.59. The summed E-state index contributed by atoms with van der Waals surface area (Å²) in [7, 11) is 0. The van der Waals surface area contributed by atoms with Crippen LogP contribution in [0.15, 0.2) is 30.3 Å². The molecule has 1 aromatic rings. The standard InChI is InChI=1S/C18H26N2O5/c1-13(2)24-17(22)16(12-14-6-4-3-5-7-14)19-25-18(23)20-10-8-15(21)9-11-20/h3-7,13,15-16,19,21H,8-12H2,1-2H3/t16-/m0/s1. The van der Waals surface area contributed by atoms with E-state index in [9.17, 15) is 14.7 Å². The molecule has 7 nitrogen and oxygen atoms in total. The Balaban J connectivity index is 1.93. The Labute approximate surface area is 147 Å². The van der Waals surface area contributed by atoms with Gasteiger partial charge in [0.15, 0.2) is 0 Å². The van der Waals surface area contributed by atoms with Crippen LogP contribution in [-0.2, 0) is 20.8 Å². The van der Waals surface area contributed by atoms with Crippen molar-refractivity contribution < 1.29 is 24.3 Å². The minimum Gasteiger partial charge on any atom is -0.462 e. The van der Waals surface area contributed by atoms with Crippen LogP contribution >= 0.6 is 0 Å². The molecule has 0 radical (unpaired) electrons. The minimum atomic E-state index is -0.788. The number of nitrogens with zero attached hydrogens (tertiary/aromatic N) is 1. The van der Waals surface area contributed by atoms with Gasteiger partial charge in [-0.2, -0.15) is 0 Å². The molecule has 25 heavy (non-hydrogen) atoms. The Morgan fingerprint density at radius 3 is 2.48 bits per heavy atom. The molecular formula is C18H26N2O5. The third-order valence-electron chi connectivity index (χ3n) is 3.93. The van der Waals surface area contributed by atoms with E-state index in [-0.39, 0.29) is 12.2 Å². The molecule has 0 saturated carbocycles. The van der Waals surface area contributed by atoms with Crippen LogP contribution in [-0.4, -0.2) is 53.4 Å². The summed E-state index contributed by atoms with van der Waals surface area (Å²) in [5, 5.41) is 9.49. The van der Waals surface area contributed by atoms with Crippen LogP contribution in [0, 0.1) is 0 Å². The second kappa shape index (κ2) is 9.39. The Morgan fingerprint density at radius 2 is 1.88 bits per heavy atom. The molecule has 0 unspecified atom stereocenters. The van der Waals surface area contributed by atoms with E-state index in [1.165, 1.54) is 4.90 Å². The van der Waals surface area contributed by atoms with Crippen molar-refractivity contribution in [1.82, 2.24) is 10.4 Å². The van der Waals surface area contributed by atoms with Crippen molar-refractivity contribution in [2.75, 3.05) is 13.1 Å². The molecule has 2 N–H and O–H groups in total. The van der Waals surface area contributed by atoms with Gasteiger partial charge in [0.1, 0.15) is 6.04 Å². The fourth-order valence-corrected chi connectivity index (χ4v) is 2.57. The van der Waals surface area contributed by atoms with E-state index < -0.39 is 18.1 Å². The highest BCUT2D eigenvalue weighted by Gasteiger charge is 2.26. The number of hydroxylamine groups is 1. The topological polar surface area (TPSA) is 88.1 Å². The zero-order valence-electron chi connectivity index (χ0n) is 14.7. The van der Waals surface area contributed by atoms with Crippen LogP contribution in [0.3, 0.4) is 0 Å². The maximum absolute atomic E-state index is 12.3. The highest BCUT2D eigenvalue weighted by atomic mass is 16.7. The molecule has 1 fully saturated rings. The summed E-state index contributed by atoms with van der Waals surface area (Å²) in [6.45, 7) is 4.40. The number of esters is 1. The number of aliphatic hydroxyl groups is 1. The normalized spacial score (nSPS) is 16.6. The average molecular weight is 350 g/mol. The van der Waals surface area contributed by atoms with Gasteiger partial charge < -0.3 is 19.6 Å². The molecule has 1 aromatic carbocycles. The van der Waals surface area contributed by atoms with Gasteiger partial charge in [-0.1, -0.05) is 30.3 Å². The lowest BCUT2D eigenvalue weighted by molar-refractivity contribution is -0.153. The van der Waals surface area contributed by atoms with Crippen LogP contribution in [0.5, 0.6) is 0 Å². The van der Waals surface area contributed by atoms with Crippen LogP contribution in [0.4, 0.5) is 4.79 Å². The second-order valence-corrected chi connectivity index (χ2v) is 6.43. The van der Waals surface area contributed by atoms with Gasteiger partial charge >= 0.3 is 12.1 Å². The predicted octanol–water partition coefficient (Wildman–Crippen LogP) is 1.65. The van der Waals surface area contributed by atoms with Gasteiger partial charge in [-0.05, 0) is 32.3 Å². The van der Waals surface area contributed by atoms with Gasteiger partial charge in [0, 0.05) is 19.5 Å². The lowest BCUT2D eigenvalue weighted by Gasteiger charge is -2.29. The summed E-state index contributed by atoms with van der Waals surface area (Å²) in [5.74, 6) is -0.472. The fraction of sp³-hybridized carbons (Fsp3) is 0.556. The highest BCUT2D eigenvalue weighted by molar-refractivity contribution is 5.76. The van der Waals surface area contributed by atoms with Crippen molar-refractivity contribution in [3.8, 4) is 0 Å². The van der Waals surface area contributed by atoms with Gasteiger partial charge in [0.05, 0.1) is 12.2 Å². The quantitative estimate of drug-likeness (QED) is 0.599. The number of rotatable bonds is 6. The first-order valence-electron chi connectivity index (χ1n) is 8.59. The van der Waals surface area contributed by atoms with Gasteiger partial charge in [0.2, 0.25) is 0 Å². The first kappa shape index (κ1) is 19.2. The lowest BCUT2D eigenvalue weighted by Crippen LogP contribution is -2.46. The molecule has 1 aliphatic heterocycles. The highest BCUT2D eigenvalue weighted by Crippen LogP contribution is 2.11. The summed E-state index contributed by atoms with van der Waals surface area (Å²) < 4.78 is 5.24. The number of carbonyl (C=O) groups is 2. The number of benzene rings is 1. The van der Waals surface area contributed by atoms with Crippen molar-refractivity contribution in [3.05, 3.63) is 35.9 Å². The Kier molecular flexibility index (Phi) is 7.21. The molecule has 1 atom stereocenters. The number of carbonyl (C=O) groups excluding carboxylic acids is 2. The SMILES string of the molecule is CC(C)OC(=O)[C@H](Cc1ccccc1)NOC(=O)N1CCC(O)CC1. The second-order valence-electron chi connectivity index (χ2n) is 6.43. The molecule has 0 bridgehead atoms. The number of hydrogen-bond donors (Lipinski definition) is 2. The van der Waals surface area contributed by atoms with E-state index in [0.717, 1.165) is 5.56 Å². The van der Waals surface area contributed by atoms with E-state index in [2.05, 4.69) is 5.48 Å². The molecule has 138 valence electrons. The van der Waals surface area contributed by atoms with E-state index in [4.69, 9.17) is 9.57 Å². The van der Waals surface area contributed by atoms with Crippen molar-refractivity contribution in [3.63, 3.8) is 0 Å².